The van der Waals surface area contributed by atoms with E-state index >= 15 is 0 Å². The molecule has 0 atom stereocenters. The van der Waals surface area contributed by atoms with Gasteiger partial charge in [-0.2, -0.15) is 0 Å². The maximum atomic E-state index is 11.6. The first-order chi connectivity index (χ1) is 7.56. The van der Waals surface area contributed by atoms with Crippen LogP contribution in [0.25, 0.3) is 0 Å². The van der Waals surface area contributed by atoms with E-state index in [1.165, 1.54) is 7.11 Å². The van der Waals surface area contributed by atoms with Crippen molar-refractivity contribution in [3.8, 4) is 0 Å². The number of benzene rings is 1. The molecule has 3 heteroatoms. The second-order valence-corrected chi connectivity index (χ2v) is 3.82. The van der Waals surface area contributed by atoms with Crippen molar-refractivity contribution >= 4 is 11.7 Å². The molecule has 0 aliphatic carbocycles. The highest BCUT2D eigenvalue weighted by Crippen LogP contribution is 2.20. The topological polar surface area (TPSA) is 29.5 Å². The molecule has 0 aliphatic heterocycles. The average molecular weight is 219 g/mol. The maximum Gasteiger partial charge on any atom is 0.339 e. The number of carbonyl (C=O) groups excluding carboxylic acids is 1. The fourth-order valence-electron chi connectivity index (χ4n) is 1.58. The molecule has 0 aromatic heterocycles. The molecule has 0 saturated heterocycles. The Hall–Kier alpha value is -1.77. The summed E-state index contributed by atoms with van der Waals surface area (Å²) in [5.41, 5.74) is 2.48. The molecule has 0 radical (unpaired) electrons. The number of carbonyl (C=O) groups is 1. The third-order valence-corrected chi connectivity index (χ3v) is 2.23. The Bertz CT molecular complexity index is 399. The van der Waals surface area contributed by atoms with Crippen molar-refractivity contribution < 1.29 is 9.53 Å². The van der Waals surface area contributed by atoms with Crippen LogP contribution in [0.4, 0.5) is 5.69 Å². The molecule has 1 rings (SSSR count). The van der Waals surface area contributed by atoms with Crippen LogP contribution < -0.4 is 4.90 Å². The normalized spacial score (nSPS) is 9.69. The lowest BCUT2D eigenvalue weighted by Crippen LogP contribution is -2.21. The molecule has 0 aliphatic rings. The molecule has 16 heavy (non-hydrogen) atoms. The van der Waals surface area contributed by atoms with Crippen LogP contribution in [0.3, 0.4) is 0 Å². The van der Waals surface area contributed by atoms with Crippen LogP contribution in [0.15, 0.2) is 36.4 Å². The number of hydrogen-bond acceptors (Lipinski definition) is 3. The highest BCUT2D eigenvalue weighted by atomic mass is 16.5. The summed E-state index contributed by atoms with van der Waals surface area (Å²) in [5, 5.41) is 0. The summed E-state index contributed by atoms with van der Waals surface area (Å²) >= 11 is 0. The van der Waals surface area contributed by atoms with Crippen LogP contribution in [0.1, 0.15) is 17.3 Å². The minimum atomic E-state index is -0.316. The van der Waals surface area contributed by atoms with Crippen LogP contribution in [-0.4, -0.2) is 26.7 Å². The monoisotopic (exact) mass is 219 g/mol. The van der Waals surface area contributed by atoms with Gasteiger partial charge in [-0.05, 0) is 19.1 Å². The Morgan fingerprint density at radius 2 is 2.06 bits per heavy atom. The first kappa shape index (κ1) is 12.3. The van der Waals surface area contributed by atoms with Gasteiger partial charge in [0.15, 0.2) is 0 Å². The zero-order valence-corrected chi connectivity index (χ0v) is 9.99. The molecule has 86 valence electrons. The summed E-state index contributed by atoms with van der Waals surface area (Å²) in [4.78, 5) is 13.5. The number of methoxy groups -OCH3 is 1. The zero-order valence-electron chi connectivity index (χ0n) is 9.99. The van der Waals surface area contributed by atoms with E-state index in [9.17, 15) is 4.79 Å². The summed E-state index contributed by atoms with van der Waals surface area (Å²) < 4.78 is 4.74. The first-order valence-corrected chi connectivity index (χ1v) is 5.09. The lowest BCUT2D eigenvalue weighted by Gasteiger charge is -2.21. The minimum absolute atomic E-state index is 0.316. The van der Waals surface area contributed by atoms with E-state index in [0.29, 0.717) is 12.1 Å². The van der Waals surface area contributed by atoms with Gasteiger partial charge in [0.05, 0.1) is 18.4 Å². The second-order valence-electron chi connectivity index (χ2n) is 3.82. The summed E-state index contributed by atoms with van der Waals surface area (Å²) in [6, 6.07) is 7.38. The van der Waals surface area contributed by atoms with Crippen molar-refractivity contribution in [3.63, 3.8) is 0 Å². The van der Waals surface area contributed by atoms with Crippen molar-refractivity contribution in [3.05, 3.63) is 42.0 Å². The quantitative estimate of drug-likeness (QED) is 0.575. The molecule has 0 bridgehead atoms. The molecule has 0 saturated carbocycles. The summed E-state index contributed by atoms with van der Waals surface area (Å²) in [6.45, 7) is 6.53. The maximum absolute atomic E-state index is 11.6. The fourth-order valence-corrected chi connectivity index (χ4v) is 1.58. The second kappa shape index (κ2) is 5.35. The standard InChI is InChI=1S/C13H17NO2/c1-10(2)9-14(3)12-8-6-5-7-11(12)13(15)16-4/h5-8H,1,9H2,2-4H3. The van der Waals surface area contributed by atoms with Gasteiger partial charge in [-0.1, -0.05) is 24.3 Å². The first-order valence-electron chi connectivity index (χ1n) is 5.09. The molecule has 1 aromatic rings. The Kier molecular flexibility index (Phi) is 4.11. The molecule has 0 fully saturated rings. The van der Waals surface area contributed by atoms with Crippen LogP contribution in [0.5, 0.6) is 0 Å². The zero-order chi connectivity index (χ0) is 12.1. The van der Waals surface area contributed by atoms with E-state index in [-0.39, 0.29) is 5.97 Å². The summed E-state index contributed by atoms with van der Waals surface area (Å²) in [5.74, 6) is -0.316. The molecule has 0 heterocycles. The van der Waals surface area contributed by atoms with Gasteiger partial charge in [-0.15, -0.1) is 0 Å². The number of hydrogen-bond donors (Lipinski definition) is 0. The van der Waals surface area contributed by atoms with E-state index in [2.05, 4.69) is 6.58 Å². The van der Waals surface area contributed by atoms with Gasteiger partial charge in [-0.25, -0.2) is 4.79 Å². The predicted molar refractivity (Wildman–Crippen MR) is 65.9 cm³/mol. The molecular weight excluding hydrogens is 202 g/mol. The molecule has 0 N–H and O–H groups in total. The van der Waals surface area contributed by atoms with Gasteiger partial charge in [0.1, 0.15) is 0 Å². The molecule has 3 nitrogen and oxygen atoms in total. The number of nitrogens with zero attached hydrogens (tertiary/aromatic N) is 1. The number of esters is 1. The Morgan fingerprint density at radius 1 is 1.44 bits per heavy atom. The van der Waals surface area contributed by atoms with Gasteiger partial charge < -0.3 is 9.64 Å². The SMILES string of the molecule is C=C(C)CN(C)c1ccccc1C(=O)OC. The van der Waals surface area contributed by atoms with Gasteiger partial charge in [0, 0.05) is 13.6 Å². The summed E-state index contributed by atoms with van der Waals surface area (Å²) in [6.07, 6.45) is 0. The fraction of sp³-hybridized carbons (Fsp3) is 0.308. The Morgan fingerprint density at radius 3 is 2.62 bits per heavy atom. The largest absolute Gasteiger partial charge is 0.465 e. The molecular formula is C13H17NO2. The average Bonchev–Trinajstić information content (AvgIpc) is 2.27. The highest BCUT2D eigenvalue weighted by Gasteiger charge is 2.13. The van der Waals surface area contributed by atoms with Crippen LogP contribution in [0, 0.1) is 0 Å². The number of ether oxygens (including phenoxy) is 1. The van der Waals surface area contributed by atoms with E-state index in [1.807, 2.05) is 37.1 Å². The summed E-state index contributed by atoms with van der Waals surface area (Å²) in [7, 11) is 3.31. The number of para-hydroxylation sites is 1. The van der Waals surface area contributed by atoms with Crippen molar-refractivity contribution in [2.24, 2.45) is 0 Å². The third kappa shape index (κ3) is 2.86. The van der Waals surface area contributed by atoms with E-state index in [0.717, 1.165) is 11.3 Å². The molecule has 0 unspecified atom stereocenters. The van der Waals surface area contributed by atoms with E-state index < -0.39 is 0 Å². The third-order valence-electron chi connectivity index (χ3n) is 2.23. The van der Waals surface area contributed by atoms with Crippen molar-refractivity contribution in [2.75, 3.05) is 25.6 Å². The van der Waals surface area contributed by atoms with Crippen molar-refractivity contribution in [2.45, 2.75) is 6.92 Å². The van der Waals surface area contributed by atoms with Crippen LogP contribution in [0.2, 0.25) is 0 Å². The lowest BCUT2D eigenvalue weighted by atomic mass is 10.1. The lowest BCUT2D eigenvalue weighted by molar-refractivity contribution is 0.0601. The van der Waals surface area contributed by atoms with E-state index in [4.69, 9.17) is 4.74 Å². The number of rotatable bonds is 4. The minimum Gasteiger partial charge on any atom is -0.465 e. The van der Waals surface area contributed by atoms with Crippen molar-refractivity contribution in [1.29, 1.82) is 0 Å². The smallest absolute Gasteiger partial charge is 0.339 e. The van der Waals surface area contributed by atoms with Crippen molar-refractivity contribution in [1.82, 2.24) is 0 Å². The van der Waals surface area contributed by atoms with E-state index in [1.54, 1.807) is 6.07 Å². The Labute approximate surface area is 96.3 Å². The van der Waals surface area contributed by atoms with Crippen LogP contribution in [-0.2, 0) is 4.74 Å². The number of likely N-dealkylation sites (N-methyl/N-ethyl adjacent to an activating group) is 1. The molecule has 1 aromatic carbocycles. The van der Waals surface area contributed by atoms with Gasteiger partial charge >= 0.3 is 5.97 Å². The van der Waals surface area contributed by atoms with Crippen LogP contribution >= 0.6 is 0 Å². The predicted octanol–water partition coefficient (Wildman–Crippen LogP) is 2.49. The molecule has 0 spiro atoms. The molecule has 0 amide bonds. The number of anilines is 1. The Balaban J connectivity index is 3.03. The van der Waals surface area contributed by atoms with Gasteiger partial charge in [0.25, 0.3) is 0 Å². The van der Waals surface area contributed by atoms with Gasteiger partial charge in [0.2, 0.25) is 0 Å². The van der Waals surface area contributed by atoms with Gasteiger partial charge in [-0.3, -0.25) is 0 Å². The highest BCUT2D eigenvalue weighted by molar-refractivity contribution is 5.95.